The molecule has 10 rings (SSSR count). The van der Waals surface area contributed by atoms with E-state index in [9.17, 15) is 14.4 Å². The number of nitrogens with one attached hydrogen (secondary N) is 3. The third-order valence-electron chi connectivity index (χ3n) is 15.7. The second kappa shape index (κ2) is 23.4. The quantitative estimate of drug-likeness (QED) is 0.0488. The molecule has 6 aromatic rings. The Kier molecular flexibility index (Phi) is 16.8. The highest BCUT2D eigenvalue weighted by Crippen LogP contribution is 2.60. The third kappa shape index (κ3) is 11.3. The second-order valence-electron chi connectivity index (χ2n) is 21.8. The Morgan fingerprint density at radius 2 is 1.55 bits per heavy atom. The van der Waals surface area contributed by atoms with Crippen molar-refractivity contribution in [2.24, 2.45) is 17.8 Å². The van der Waals surface area contributed by atoms with E-state index in [1.54, 1.807) is 62.4 Å². The number of amides is 1. The van der Waals surface area contributed by atoms with Gasteiger partial charge in [0.1, 0.15) is 44.7 Å². The largest absolute Gasteiger partial charge is 0.408 e. The van der Waals surface area contributed by atoms with Crippen molar-refractivity contribution in [3.05, 3.63) is 135 Å². The first-order valence-corrected chi connectivity index (χ1v) is 32.4. The Labute approximate surface area is 457 Å². The van der Waals surface area contributed by atoms with Crippen LogP contribution in [0, 0.1) is 24.7 Å². The summed E-state index contributed by atoms with van der Waals surface area (Å²) in [6.07, 6.45) is 1.10. The number of imidazole rings is 1. The lowest BCUT2D eigenvalue weighted by molar-refractivity contribution is -0.0484. The van der Waals surface area contributed by atoms with Crippen LogP contribution < -0.4 is 32.3 Å². The van der Waals surface area contributed by atoms with E-state index in [0.29, 0.717) is 41.6 Å². The lowest BCUT2D eigenvalue weighted by Crippen LogP contribution is -2.58. The van der Waals surface area contributed by atoms with Crippen molar-refractivity contribution in [2.45, 2.75) is 122 Å². The van der Waals surface area contributed by atoms with E-state index in [4.69, 9.17) is 32.6 Å². The summed E-state index contributed by atoms with van der Waals surface area (Å²) < 4.78 is 63.4. The number of anilines is 2. The molecule has 0 aliphatic carbocycles. The third-order valence-corrected chi connectivity index (χ3v) is 23.9. The van der Waals surface area contributed by atoms with Crippen LogP contribution in [0.4, 0.5) is 11.8 Å². The highest BCUT2D eigenvalue weighted by molar-refractivity contribution is 7.51. The smallest absolute Gasteiger partial charge is 0.355 e. The minimum Gasteiger partial charge on any atom is -0.355 e. The number of fused-ring (bicyclic) bond motifs is 2. The van der Waals surface area contributed by atoms with Crippen molar-refractivity contribution in [1.82, 2.24) is 38.4 Å². The van der Waals surface area contributed by atoms with E-state index in [2.05, 4.69) is 111 Å². The van der Waals surface area contributed by atoms with E-state index in [0.717, 1.165) is 25.4 Å². The number of rotatable bonds is 20. The summed E-state index contributed by atoms with van der Waals surface area (Å²) in [5.74, 6) is -0.530. The predicted octanol–water partition coefficient (Wildman–Crippen LogP) is 7.92. The van der Waals surface area contributed by atoms with Gasteiger partial charge in [0.2, 0.25) is 5.95 Å². The predicted molar refractivity (Wildman–Crippen MR) is 303 cm³/mol. The van der Waals surface area contributed by atoms with Crippen molar-refractivity contribution < 1.29 is 36.9 Å². The summed E-state index contributed by atoms with van der Waals surface area (Å²) in [6, 6.07) is 31.2. The van der Waals surface area contributed by atoms with Crippen molar-refractivity contribution in [3.63, 3.8) is 0 Å². The van der Waals surface area contributed by atoms with Gasteiger partial charge in [-0.2, -0.15) is 9.97 Å². The fourth-order valence-corrected chi connectivity index (χ4v) is 18.8. The molecule has 0 radical (unpaired) electrons. The van der Waals surface area contributed by atoms with Crippen LogP contribution >= 0.6 is 16.3 Å². The maximum atomic E-state index is 15.3. The van der Waals surface area contributed by atoms with Crippen LogP contribution in [0.3, 0.4) is 0 Å². The Balaban J connectivity index is 0.925. The van der Waals surface area contributed by atoms with E-state index < -0.39 is 84.7 Å². The highest BCUT2D eigenvalue weighted by Gasteiger charge is 2.55. The molecule has 4 aliphatic heterocycles. The molecule has 7 heterocycles. The molecule has 3 aromatic heterocycles. The van der Waals surface area contributed by atoms with Gasteiger partial charge in [0, 0.05) is 48.3 Å². The topological polar surface area (TPSA) is 219 Å². The SMILES string of the molecule is CC[C@H]1O[C@@H](n2cnc3c(=O)[nH]c(NCC(C)C)nc32)[C@@H](C)C1OP(=O)(OC[C@H]1O[C@@H](n2cc(C)c(NC(=O)c3ccccc3)nc2=O)[C@@H](C)C1O[P@@]1O[C@H](C[Si](C)(c2ccccc2)c2ccccc2)[C@@H]2CCCN21)N(C)C. The van der Waals surface area contributed by atoms with Crippen LogP contribution in [0.25, 0.3) is 11.2 Å². The number of benzene rings is 3. The number of hydrogen-bond donors (Lipinski definition) is 3. The van der Waals surface area contributed by atoms with Crippen LogP contribution in [-0.2, 0) is 32.1 Å². The maximum Gasteiger partial charge on any atom is 0.408 e. The number of hydrogen-bond acceptors (Lipinski definition) is 15. The molecule has 0 bridgehead atoms. The van der Waals surface area contributed by atoms with Crippen LogP contribution in [0.2, 0.25) is 12.6 Å². The second-order valence-corrected chi connectivity index (χ2v) is 29.7. The summed E-state index contributed by atoms with van der Waals surface area (Å²) in [6.45, 7) is 15.3. The fourth-order valence-electron chi connectivity index (χ4n) is 11.3. The minimum absolute atomic E-state index is 0.111. The molecule has 3 N–H and O–H groups in total. The molecule has 3 unspecified atom stereocenters. The molecule has 4 fully saturated rings. The van der Waals surface area contributed by atoms with Gasteiger partial charge in [-0.25, -0.2) is 23.7 Å². The van der Waals surface area contributed by atoms with E-state index >= 15 is 4.57 Å². The monoisotopic (exact) mass is 1120 g/mol. The van der Waals surface area contributed by atoms with Crippen molar-refractivity contribution >= 4 is 63.6 Å². The maximum absolute atomic E-state index is 15.3. The summed E-state index contributed by atoms with van der Waals surface area (Å²) in [5, 5.41) is 8.66. The van der Waals surface area contributed by atoms with Crippen LogP contribution in [0.1, 0.15) is 82.3 Å². The average molecular weight is 1120 g/mol. The summed E-state index contributed by atoms with van der Waals surface area (Å²) in [5.41, 5.74) is 0.455. The molecule has 1 amide bonds. The summed E-state index contributed by atoms with van der Waals surface area (Å²) in [7, 11) is -4.86. The Hall–Kier alpha value is -5.28. The van der Waals surface area contributed by atoms with Gasteiger partial charge in [-0.05, 0) is 64.4 Å². The van der Waals surface area contributed by atoms with Gasteiger partial charge >= 0.3 is 13.4 Å². The standard InChI is InChI=1S/C55H72N10O10P2Si/c1-10-42-47(37(6)53(71-42)64-33-57-45-49(64)60-54(61-51(45)67)56-29-34(2)3)75-77(69,62(7)8)70-31-43-46(36(5)52(72-43)63-30-35(4)48(59-55(63)68)58-50(66)38-21-14-11-15-22-38)74-76-65-28-20-27-41(65)44(73-76)32-78(9,39-23-16-12-17-24-39)40-25-18-13-19-26-40/h11-19,21-26,30,33-34,36-37,41-44,46-47,52-53H,10,20,27-29,31-32H2,1-9H3,(H2,56,60,61,67)(H,58,59,66,68)/t36-,37-,41-,42+,43+,44+,46?,47?,52+,53+,76+,77?/m0/s1. The van der Waals surface area contributed by atoms with Crippen molar-refractivity contribution in [2.75, 3.05) is 44.4 Å². The van der Waals surface area contributed by atoms with E-state index in [1.165, 1.54) is 19.6 Å². The molecule has 3 aromatic carbocycles. The summed E-state index contributed by atoms with van der Waals surface area (Å²) >= 11 is 0. The normalized spacial score (nSPS) is 27.2. The molecule has 4 saturated heterocycles. The molecule has 20 nitrogen and oxygen atoms in total. The number of aromatic amines is 1. The lowest BCUT2D eigenvalue weighted by atomic mass is 10.0. The molecule has 416 valence electrons. The molecule has 0 saturated carbocycles. The molecule has 78 heavy (non-hydrogen) atoms. The van der Waals surface area contributed by atoms with Gasteiger partial charge in [0.25, 0.3) is 20.0 Å². The molecular weight excluding hydrogens is 1050 g/mol. The first-order valence-electron chi connectivity index (χ1n) is 27.1. The molecule has 0 spiro atoms. The van der Waals surface area contributed by atoms with Gasteiger partial charge in [-0.15, -0.1) is 0 Å². The van der Waals surface area contributed by atoms with Crippen LogP contribution in [0.15, 0.2) is 113 Å². The summed E-state index contributed by atoms with van der Waals surface area (Å²) in [4.78, 5) is 56.7. The van der Waals surface area contributed by atoms with Crippen molar-refractivity contribution in [3.8, 4) is 0 Å². The first-order chi connectivity index (χ1) is 37.5. The van der Waals surface area contributed by atoms with Gasteiger partial charge < -0.3 is 29.2 Å². The van der Waals surface area contributed by atoms with Gasteiger partial charge in [-0.3, -0.25) is 32.8 Å². The zero-order valence-corrected chi connectivity index (χ0v) is 48.5. The van der Waals surface area contributed by atoms with Gasteiger partial charge in [0.05, 0.1) is 25.1 Å². The number of ether oxygens (including phenoxy) is 2. The molecular formula is C55H72N10O10P2Si. The molecule has 4 aliphatic rings. The van der Waals surface area contributed by atoms with E-state index in [-0.39, 0.29) is 35.6 Å². The highest BCUT2D eigenvalue weighted by atomic mass is 31.2. The molecule has 23 heteroatoms. The number of aromatic nitrogens is 6. The number of H-pyrrole nitrogens is 1. The van der Waals surface area contributed by atoms with Crippen LogP contribution in [0.5, 0.6) is 0 Å². The lowest BCUT2D eigenvalue weighted by Gasteiger charge is -2.32. The Morgan fingerprint density at radius 1 is 0.910 bits per heavy atom. The minimum atomic E-state index is -4.15. The van der Waals surface area contributed by atoms with Crippen molar-refractivity contribution in [1.29, 1.82) is 0 Å². The number of aryl methyl sites for hydroxylation is 1. The Morgan fingerprint density at radius 3 is 2.21 bits per heavy atom. The Bertz CT molecular complexity index is 3190. The number of carbonyl (C=O) groups is 1. The zero-order chi connectivity index (χ0) is 55.0. The van der Waals surface area contributed by atoms with Gasteiger partial charge in [0.15, 0.2) is 11.2 Å². The molecule has 12 atom stereocenters. The van der Waals surface area contributed by atoms with Gasteiger partial charge in [-0.1, -0.05) is 130 Å². The van der Waals surface area contributed by atoms with Crippen LogP contribution in [-0.4, -0.2) is 123 Å². The average Bonchev–Trinajstić information content (AvgIpc) is 4.39. The fraction of sp³-hybridized carbons (Fsp3) is 0.491. The first kappa shape index (κ1) is 56.0. The number of carbonyl (C=O) groups excluding carboxylic acids is 1. The van der Waals surface area contributed by atoms with E-state index in [1.807, 2.05) is 26.8 Å². The number of nitrogens with zero attached hydrogens (tertiary/aromatic N) is 7. The zero-order valence-electron chi connectivity index (χ0n) is 45.7.